The summed E-state index contributed by atoms with van der Waals surface area (Å²) in [5.41, 5.74) is 2.22. The van der Waals surface area contributed by atoms with Gasteiger partial charge in [-0.25, -0.2) is 13.2 Å². The van der Waals surface area contributed by atoms with Crippen LogP contribution >= 0.6 is 23.2 Å². The molecule has 2 aromatic rings. The number of carbonyl (C=O) groups excluding carboxylic acids is 1. The van der Waals surface area contributed by atoms with Crippen molar-refractivity contribution in [2.75, 3.05) is 26.2 Å². The molecule has 1 aliphatic carbocycles. The average molecular weight is 472 g/mol. The minimum atomic E-state index is -3.78. The second-order valence-corrected chi connectivity index (χ2v) is 10.2. The molecule has 1 N–H and O–H groups in total. The van der Waals surface area contributed by atoms with Gasteiger partial charge in [-0.15, -0.1) is 0 Å². The first-order valence-corrected chi connectivity index (χ1v) is 12.0. The highest BCUT2D eigenvalue weighted by molar-refractivity contribution is 7.89. The van der Waals surface area contributed by atoms with Crippen molar-refractivity contribution >= 4 is 39.3 Å². The highest BCUT2D eigenvalue weighted by Gasteiger charge is 2.33. The van der Waals surface area contributed by atoms with E-state index in [-0.39, 0.29) is 40.1 Å². The number of aryl methyl sites for hydroxylation is 1. The SMILES string of the molecule is Cn1ncc2c1CCCC2NC(=O)N1CCN(S(=O)(=O)c2cccc(Cl)c2Cl)CC1. The highest BCUT2D eigenvalue weighted by Crippen LogP contribution is 2.32. The smallest absolute Gasteiger partial charge is 0.317 e. The Labute approximate surface area is 185 Å². The fourth-order valence-corrected chi connectivity index (χ4v) is 6.21. The third-order valence-electron chi connectivity index (χ3n) is 5.73. The van der Waals surface area contributed by atoms with Crippen molar-refractivity contribution in [1.82, 2.24) is 24.3 Å². The van der Waals surface area contributed by atoms with Crippen LogP contribution in [0.4, 0.5) is 4.79 Å². The van der Waals surface area contributed by atoms with E-state index < -0.39 is 10.0 Å². The molecule has 1 fully saturated rings. The van der Waals surface area contributed by atoms with E-state index in [1.165, 1.54) is 10.4 Å². The van der Waals surface area contributed by atoms with E-state index in [0.29, 0.717) is 13.1 Å². The summed E-state index contributed by atoms with van der Waals surface area (Å²) in [4.78, 5) is 14.4. The molecular formula is C19H23Cl2N5O3S. The molecule has 0 spiro atoms. The van der Waals surface area contributed by atoms with Gasteiger partial charge in [-0.2, -0.15) is 9.40 Å². The first kappa shape index (κ1) is 21.4. The monoisotopic (exact) mass is 471 g/mol. The van der Waals surface area contributed by atoms with Crippen LogP contribution < -0.4 is 5.32 Å². The number of halogens is 2. The van der Waals surface area contributed by atoms with Gasteiger partial charge in [0.2, 0.25) is 10.0 Å². The van der Waals surface area contributed by atoms with Crippen molar-refractivity contribution in [2.24, 2.45) is 7.05 Å². The molecule has 0 saturated carbocycles. The number of carbonyl (C=O) groups is 1. The third kappa shape index (κ3) is 3.91. The average Bonchev–Trinajstić information content (AvgIpc) is 3.12. The second kappa shape index (κ2) is 8.37. The summed E-state index contributed by atoms with van der Waals surface area (Å²) in [6.07, 6.45) is 4.63. The standard InChI is InChI=1S/C19H23Cl2N5O3S/c1-24-16-6-3-5-15(13(16)12-22-24)23-19(27)25-8-10-26(11-9-25)30(28,29)17-7-2-4-14(20)18(17)21/h2,4,7,12,15H,3,5-6,8-11H2,1H3,(H,23,27). The van der Waals surface area contributed by atoms with Crippen LogP contribution in [0.2, 0.25) is 10.0 Å². The summed E-state index contributed by atoms with van der Waals surface area (Å²) in [5.74, 6) is 0. The van der Waals surface area contributed by atoms with Crippen molar-refractivity contribution in [3.8, 4) is 0 Å². The molecule has 162 valence electrons. The first-order valence-electron chi connectivity index (χ1n) is 9.79. The first-order chi connectivity index (χ1) is 14.3. The number of rotatable bonds is 3. The van der Waals surface area contributed by atoms with Crippen LogP contribution in [0, 0.1) is 0 Å². The molecule has 1 unspecified atom stereocenters. The van der Waals surface area contributed by atoms with Gasteiger partial charge in [0.05, 0.1) is 22.3 Å². The fraction of sp³-hybridized carbons (Fsp3) is 0.474. The Hall–Kier alpha value is -1.81. The zero-order chi connectivity index (χ0) is 21.5. The summed E-state index contributed by atoms with van der Waals surface area (Å²) < 4.78 is 29.1. The number of fused-ring (bicyclic) bond motifs is 1. The molecule has 11 heteroatoms. The fourth-order valence-electron chi connectivity index (χ4n) is 4.05. The van der Waals surface area contributed by atoms with Crippen LogP contribution in [-0.4, -0.2) is 59.6 Å². The second-order valence-electron chi connectivity index (χ2n) is 7.51. The largest absolute Gasteiger partial charge is 0.331 e. The lowest BCUT2D eigenvalue weighted by atomic mass is 9.93. The molecule has 1 saturated heterocycles. The van der Waals surface area contributed by atoms with Gasteiger partial charge in [-0.1, -0.05) is 29.3 Å². The van der Waals surface area contributed by atoms with Gasteiger partial charge >= 0.3 is 6.03 Å². The van der Waals surface area contributed by atoms with Crippen molar-refractivity contribution in [2.45, 2.75) is 30.2 Å². The lowest BCUT2D eigenvalue weighted by molar-refractivity contribution is 0.168. The maximum Gasteiger partial charge on any atom is 0.317 e. The van der Waals surface area contributed by atoms with Crippen molar-refractivity contribution in [1.29, 1.82) is 0 Å². The number of nitrogens with one attached hydrogen (secondary N) is 1. The molecular weight excluding hydrogens is 449 g/mol. The molecule has 1 atom stereocenters. The van der Waals surface area contributed by atoms with Crippen LogP contribution in [0.5, 0.6) is 0 Å². The predicted octanol–water partition coefficient (Wildman–Crippen LogP) is 2.82. The summed E-state index contributed by atoms with van der Waals surface area (Å²) in [6, 6.07) is 4.29. The van der Waals surface area contributed by atoms with E-state index in [1.54, 1.807) is 17.0 Å². The van der Waals surface area contributed by atoms with Gasteiger partial charge in [0, 0.05) is 44.5 Å². The zero-order valence-corrected chi connectivity index (χ0v) is 18.8. The normalized spacial score (nSPS) is 20.1. The highest BCUT2D eigenvalue weighted by atomic mass is 35.5. The number of nitrogens with zero attached hydrogens (tertiary/aromatic N) is 4. The lowest BCUT2D eigenvalue weighted by Crippen LogP contribution is -2.53. The quantitative estimate of drug-likeness (QED) is 0.745. The van der Waals surface area contributed by atoms with Gasteiger partial charge in [0.25, 0.3) is 0 Å². The Morgan fingerprint density at radius 2 is 1.93 bits per heavy atom. The molecule has 8 nitrogen and oxygen atoms in total. The zero-order valence-electron chi connectivity index (χ0n) is 16.5. The number of amides is 2. The van der Waals surface area contributed by atoms with E-state index in [4.69, 9.17) is 23.2 Å². The molecule has 0 radical (unpaired) electrons. The van der Waals surface area contributed by atoms with Gasteiger partial charge in [0.1, 0.15) is 4.90 Å². The van der Waals surface area contributed by atoms with Gasteiger partial charge in [-0.3, -0.25) is 4.68 Å². The van der Waals surface area contributed by atoms with E-state index in [0.717, 1.165) is 30.5 Å². The van der Waals surface area contributed by atoms with E-state index in [1.807, 2.05) is 17.9 Å². The number of hydrogen-bond donors (Lipinski definition) is 1. The molecule has 2 amide bonds. The van der Waals surface area contributed by atoms with Crippen LogP contribution in [0.1, 0.15) is 30.1 Å². The van der Waals surface area contributed by atoms with Gasteiger partial charge in [0.15, 0.2) is 0 Å². The Bertz CT molecular complexity index is 1060. The number of hydrogen-bond acceptors (Lipinski definition) is 4. The number of urea groups is 1. The number of piperazine rings is 1. The maximum atomic E-state index is 12.9. The Kier molecular flexibility index (Phi) is 5.98. The molecule has 0 bridgehead atoms. The van der Waals surface area contributed by atoms with Gasteiger partial charge < -0.3 is 10.2 Å². The van der Waals surface area contributed by atoms with Crippen LogP contribution in [0.25, 0.3) is 0 Å². The molecule has 2 heterocycles. The van der Waals surface area contributed by atoms with Gasteiger partial charge in [-0.05, 0) is 31.4 Å². The Morgan fingerprint density at radius 3 is 2.67 bits per heavy atom. The van der Waals surface area contributed by atoms with Crippen LogP contribution in [0.3, 0.4) is 0 Å². The summed E-state index contributed by atoms with van der Waals surface area (Å²) in [5, 5.41) is 7.60. The Balaban J connectivity index is 1.40. The topological polar surface area (TPSA) is 87.5 Å². The van der Waals surface area contributed by atoms with Crippen LogP contribution in [-0.2, 0) is 23.5 Å². The van der Waals surface area contributed by atoms with Crippen molar-refractivity contribution < 1.29 is 13.2 Å². The van der Waals surface area contributed by atoms with E-state index in [2.05, 4.69) is 10.4 Å². The molecule has 4 rings (SSSR count). The Morgan fingerprint density at radius 1 is 1.20 bits per heavy atom. The lowest BCUT2D eigenvalue weighted by Gasteiger charge is -2.35. The number of aromatic nitrogens is 2. The third-order valence-corrected chi connectivity index (χ3v) is 8.61. The maximum absolute atomic E-state index is 12.9. The molecule has 1 aromatic carbocycles. The minimum Gasteiger partial charge on any atom is -0.331 e. The van der Waals surface area contributed by atoms with Crippen molar-refractivity contribution in [3.63, 3.8) is 0 Å². The molecule has 1 aliphatic heterocycles. The van der Waals surface area contributed by atoms with Crippen molar-refractivity contribution in [3.05, 3.63) is 45.7 Å². The summed E-state index contributed by atoms with van der Waals surface area (Å²) in [6.45, 7) is 0.995. The number of sulfonamides is 1. The molecule has 2 aliphatic rings. The van der Waals surface area contributed by atoms with E-state index >= 15 is 0 Å². The molecule has 1 aromatic heterocycles. The minimum absolute atomic E-state index is 0.0131. The summed E-state index contributed by atoms with van der Waals surface area (Å²) in [7, 11) is -1.87. The predicted molar refractivity (Wildman–Crippen MR) is 114 cm³/mol. The van der Waals surface area contributed by atoms with Crippen LogP contribution in [0.15, 0.2) is 29.3 Å². The molecule has 30 heavy (non-hydrogen) atoms. The van der Waals surface area contributed by atoms with E-state index in [9.17, 15) is 13.2 Å². The summed E-state index contributed by atoms with van der Waals surface area (Å²) >= 11 is 12.1. The number of benzene rings is 1.